The van der Waals surface area contributed by atoms with Crippen LogP contribution in [0.25, 0.3) is 0 Å². The van der Waals surface area contributed by atoms with E-state index in [4.69, 9.17) is 0 Å². The molecular formula is C16H15Br2NO. The second-order valence-corrected chi connectivity index (χ2v) is 5.96. The zero-order chi connectivity index (χ0) is 14.5. The van der Waals surface area contributed by atoms with Gasteiger partial charge in [0.1, 0.15) is 0 Å². The number of amides is 1. The molecule has 0 aromatic heterocycles. The van der Waals surface area contributed by atoms with E-state index >= 15 is 0 Å². The van der Waals surface area contributed by atoms with Crippen molar-refractivity contribution < 1.29 is 4.79 Å². The van der Waals surface area contributed by atoms with Crippen LogP contribution in [-0.2, 0) is 5.33 Å². The normalized spacial score (nSPS) is 11.9. The number of halogens is 2. The molecule has 1 N–H and O–H groups in total. The van der Waals surface area contributed by atoms with E-state index in [9.17, 15) is 4.79 Å². The van der Waals surface area contributed by atoms with Crippen molar-refractivity contribution in [3.8, 4) is 0 Å². The molecule has 0 spiro atoms. The predicted octanol–water partition coefficient (Wildman–Crippen LogP) is 4.84. The van der Waals surface area contributed by atoms with Gasteiger partial charge in [-0.25, -0.2) is 0 Å². The van der Waals surface area contributed by atoms with Gasteiger partial charge in [-0.3, -0.25) is 4.79 Å². The Labute approximate surface area is 135 Å². The Bertz CT molecular complexity index is 596. The van der Waals surface area contributed by atoms with Crippen LogP contribution in [0.2, 0.25) is 0 Å². The standard InChI is InChI=1S/C16H15Br2NO/c1-11(14-4-2-3-5-15(14)18)19-16(20)13-8-6-12(10-17)7-9-13/h2-9,11H,10H2,1H3,(H,19,20)/t11-/m1/s1. The molecule has 0 bridgehead atoms. The van der Waals surface area contributed by atoms with Gasteiger partial charge in [0.2, 0.25) is 0 Å². The average Bonchev–Trinajstić information content (AvgIpc) is 2.47. The van der Waals surface area contributed by atoms with Gasteiger partial charge in [0.05, 0.1) is 6.04 Å². The van der Waals surface area contributed by atoms with Gasteiger partial charge < -0.3 is 5.32 Å². The molecule has 0 unspecified atom stereocenters. The van der Waals surface area contributed by atoms with Gasteiger partial charge in [-0.1, -0.05) is 62.2 Å². The van der Waals surface area contributed by atoms with E-state index in [0.717, 1.165) is 20.9 Å². The fraction of sp³-hybridized carbons (Fsp3) is 0.188. The van der Waals surface area contributed by atoms with Gasteiger partial charge in [0, 0.05) is 15.4 Å². The maximum Gasteiger partial charge on any atom is 0.251 e. The SMILES string of the molecule is C[C@@H](NC(=O)c1ccc(CBr)cc1)c1ccccc1Br. The highest BCUT2D eigenvalue weighted by molar-refractivity contribution is 9.10. The Hall–Kier alpha value is -1.13. The van der Waals surface area contributed by atoms with E-state index in [0.29, 0.717) is 5.56 Å². The van der Waals surface area contributed by atoms with Crippen molar-refractivity contribution in [2.24, 2.45) is 0 Å². The summed E-state index contributed by atoms with van der Waals surface area (Å²) in [4.78, 5) is 12.2. The molecule has 4 heteroatoms. The number of hydrogen-bond acceptors (Lipinski definition) is 1. The van der Waals surface area contributed by atoms with E-state index in [2.05, 4.69) is 37.2 Å². The maximum absolute atomic E-state index is 12.2. The molecule has 0 heterocycles. The van der Waals surface area contributed by atoms with Gasteiger partial charge in [0.15, 0.2) is 0 Å². The summed E-state index contributed by atoms with van der Waals surface area (Å²) in [6.45, 7) is 1.98. The fourth-order valence-corrected chi connectivity index (χ4v) is 2.93. The van der Waals surface area contributed by atoms with Crippen LogP contribution < -0.4 is 5.32 Å². The molecule has 2 aromatic rings. The molecule has 104 valence electrons. The van der Waals surface area contributed by atoms with E-state index in [1.54, 1.807) is 0 Å². The Morgan fingerprint density at radius 1 is 1.15 bits per heavy atom. The Morgan fingerprint density at radius 2 is 1.80 bits per heavy atom. The Balaban J connectivity index is 2.09. The van der Waals surface area contributed by atoms with Gasteiger partial charge >= 0.3 is 0 Å². The number of carbonyl (C=O) groups excluding carboxylic acids is 1. The number of benzene rings is 2. The van der Waals surface area contributed by atoms with Crippen LogP contribution in [-0.4, -0.2) is 5.91 Å². The second-order valence-electron chi connectivity index (χ2n) is 4.55. The van der Waals surface area contributed by atoms with Crippen molar-refractivity contribution in [3.63, 3.8) is 0 Å². The largest absolute Gasteiger partial charge is 0.345 e. The molecule has 0 fully saturated rings. The van der Waals surface area contributed by atoms with Crippen LogP contribution in [0.4, 0.5) is 0 Å². The van der Waals surface area contributed by atoms with Crippen LogP contribution in [0.1, 0.15) is 34.5 Å². The van der Waals surface area contributed by atoms with Crippen molar-refractivity contribution in [1.82, 2.24) is 5.32 Å². The first-order valence-electron chi connectivity index (χ1n) is 6.32. The lowest BCUT2D eigenvalue weighted by Gasteiger charge is -2.16. The van der Waals surface area contributed by atoms with Crippen LogP contribution in [0.5, 0.6) is 0 Å². The van der Waals surface area contributed by atoms with Crippen molar-refractivity contribution in [3.05, 3.63) is 69.7 Å². The summed E-state index contributed by atoms with van der Waals surface area (Å²) in [5.74, 6) is -0.0608. The molecule has 2 aromatic carbocycles. The monoisotopic (exact) mass is 395 g/mol. The minimum atomic E-state index is -0.0608. The highest BCUT2D eigenvalue weighted by Crippen LogP contribution is 2.23. The maximum atomic E-state index is 12.2. The average molecular weight is 397 g/mol. The van der Waals surface area contributed by atoms with Crippen molar-refractivity contribution >= 4 is 37.8 Å². The molecule has 0 saturated heterocycles. The molecule has 0 radical (unpaired) electrons. The van der Waals surface area contributed by atoms with Crippen LogP contribution in [0.3, 0.4) is 0 Å². The van der Waals surface area contributed by atoms with Gasteiger partial charge in [-0.2, -0.15) is 0 Å². The molecule has 2 rings (SSSR count). The summed E-state index contributed by atoms with van der Waals surface area (Å²) < 4.78 is 1.00. The number of hydrogen-bond donors (Lipinski definition) is 1. The molecule has 1 amide bonds. The smallest absolute Gasteiger partial charge is 0.251 e. The second kappa shape index (κ2) is 7.04. The van der Waals surface area contributed by atoms with Gasteiger partial charge in [-0.05, 0) is 36.2 Å². The summed E-state index contributed by atoms with van der Waals surface area (Å²) >= 11 is 6.90. The van der Waals surface area contributed by atoms with Crippen LogP contribution in [0, 0.1) is 0 Å². The summed E-state index contributed by atoms with van der Waals surface area (Å²) in [7, 11) is 0. The topological polar surface area (TPSA) is 29.1 Å². The third-order valence-electron chi connectivity index (χ3n) is 3.09. The van der Waals surface area contributed by atoms with Gasteiger partial charge in [-0.15, -0.1) is 0 Å². The van der Waals surface area contributed by atoms with E-state index in [-0.39, 0.29) is 11.9 Å². The summed E-state index contributed by atoms with van der Waals surface area (Å²) in [5.41, 5.74) is 2.90. The number of carbonyl (C=O) groups is 1. The van der Waals surface area contributed by atoms with Crippen molar-refractivity contribution in [2.75, 3.05) is 0 Å². The fourth-order valence-electron chi connectivity index (χ4n) is 1.93. The predicted molar refractivity (Wildman–Crippen MR) is 89.1 cm³/mol. The Morgan fingerprint density at radius 3 is 2.40 bits per heavy atom. The first-order chi connectivity index (χ1) is 9.61. The zero-order valence-corrected chi connectivity index (χ0v) is 14.2. The summed E-state index contributed by atoms with van der Waals surface area (Å²) in [5, 5.41) is 3.80. The summed E-state index contributed by atoms with van der Waals surface area (Å²) in [6.07, 6.45) is 0. The molecule has 0 aliphatic carbocycles. The molecule has 0 saturated carbocycles. The van der Waals surface area contributed by atoms with E-state index in [1.165, 1.54) is 0 Å². The van der Waals surface area contributed by atoms with Crippen LogP contribution >= 0.6 is 31.9 Å². The highest BCUT2D eigenvalue weighted by atomic mass is 79.9. The first-order valence-corrected chi connectivity index (χ1v) is 8.23. The molecule has 0 aliphatic rings. The van der Waals surface area contributed by atoms with Crippen LogP contribution in [0.15, 0.2) is 53.0 Å². The van der Waals surface area contributed by atoms with Gasteiger partial charge in [0.25, 0.3) is 5.91 Å². The number of nitrogens with one attached hydrogen (secondary N) is 1. The van der Waals surface area contributed by atoms with E-state index in [1.807, 2.05) is 55.5 Å². The minimum absolute atomic E-state index is 0.0473. The lowest BCUT2D eigenvalue weighted by Crippen LogP contribution is -2.26. The molecular weight excluding hydrogens is 382 g/mol. The van der Waals surface area contributed by atoms with Crippen molar-refractivity contribution in [2.45, 2.75) is 18.3 Å². The Kier molecular flexibility index (Phi) is 5.38. The molecule has 0 aliphatic heterocycles. The zero-order valence-electron chi connectivity index (χ0n) is 11.1. The highest BCUT2D eigenvalue weighted by Gasteiger charge is 2.13. The first kappa shape index (κ1) is 15.3. The third kappa shape index (κ3) is 3.70. The van der Waals surface area contributed by atoms with Crippen molar-refractivity contribution in [1.29, 1.82) is 0 Å². The molecule has 1 atom stereocenters. The molecule has 2 nitrogen and oxygen atoms in total. The number of rotatable bonds is 4. The summed E-state index contributed by atoms with van der Waals surface area (Å²) in [6, 6.07) is 15.5. The van der Waals surface area contributed by atoms with E-state index < -0.39 is 0 Å². The minimum Gasteiger partial charge on any atom is -0.345 e. The lowest BCUT2D eigenvalue weighted by molar-refractivity contribution is 0.0940. The lowest BCUT2D eigenvalue weighted by atomic mass is 10.1. The number of alkyl halides is 1. The molecule has 20 heavy (non-hydrogen) atoms. The quantitative estimate of drug-likeness (QED) is 0.736. The third-order valence-corrected chi connectivity index (χ3v) is 4.46.